The molecule has 0 spiro atoms. The number of aldehydes is 1. The number of amides is 1. The van der Waals surface area contributed by atoms with Crippen molar-refractivity contribution in [1.29, 1.82) is 0 Å². The number of hydrogen-bond donors (Lipinski definition) is 1. The summed E-state index contributed by atoms with van der Waals surface area (Å²) in [4.78, 5) is 38.0. The molecule has 1 saturated carbocycles. The SMILES string of the molecule is Cc1c(F)cc(C(=O)NC2CC2)cc1-c1ccc2c(=O)n(Cc3ccc(S(C)(=O)=O)cc3)cc(C=O)c2c1. The minimum atomic E-state index is -3.34. The molecule has 0 atom stereocenters. The van der Waals surface area contributed by atoms with Crippen LogP contribution >= 0.6 is 0 Å². The Hall–Kier alpha value is -4.11. The van der Waals surface area contributed by atoms with Crippen molar-refractivity contribution in [3.63, 3.8) is 0 Å². The van der Waals surface area contributed by atoms with Gasteiger partial charge in [0.2, 0.25) is 0 Å². The number of carbonyl (C=O) groups excluding carboxylic acids is 2. The van der Waals surface area contributed by atoms with Gasteiger partial charge in [-0.2, -0.15) is 0 Å². The maximum atomic E-state index is 14.8. The van der Waals surface area contributed by atoms with E-state index >= 15 is 0 Å². The Labute approximate surface area is 218 Å². The molecule has 0 saturated heterocycles. The van der Waals surface area contributed by atoms with Gasteiger partial charge in [-0.1, -0.05) is 18.2 Å². The quantitative estimate of drug-likeness (QED) is 0.358. The van der Waals surface area contributed by atoms with Gasteiger partial charge in [-0.15, -0.1) is 0 Å². The van der Waals surface area contributed by atoms with Crippen molar-refractivity contribution in [1.82, 2.24) is 9.88 Å². The second kappa shape index (κ2) is 9.64. The molecular formula is C29H25FN2O5S. The van der Waals surface area contributed by atoms with Crippen LogP contribution in [0.15, 0.2) is 70.5 Å². The van der Waals surface area contributed by atoms with E-state index in [1.54, 1.807) is 43.3 Å². The summed E-state index contributed by atoms with van der Waals surface area (Å²) >= 11 is 0. The second-order valence-corrected chi connectivity index (χ2v) is 11.7. The zero-order chi connectivity index (χ0) is 27.2. The number of hydrogen-bond acceptors (Lipinski definition) is 5. The van der Waals surface area contributed by atoms with Crippen LogP contribution in [-0.2, 0) is 16.4 Å². The number of pyridine rings is 1. The predicted octanol–water partition coefficient (Wildman–Crippen LogP) is 4.27. The molecule has 9 heteroatoms. The highest BCUT2D eigenvalue weighted by Crippen LogP contribution is 2.30. The van der Waals surface area contributed by atoms with Gasteiger partial charge in [-0.05, 0) is 83.8 Å². The maximum Gasteiger partial charge on any atom is 0.258 e. The molecule has 0 bridgehead atoms. The number of nitrogens with one attached hydrogen (secondary N) is 1. The minimum Gasteiger partial charge on any atom is -0.349 e. The fraction of sp³-hybridized carbons (Fsp3) is 0.207. The summed E-state index contributed by atoms with van der Waals surface area (Å²) in [6.07, 6.45) is 5.06. The van der Waals surface area contributed by atoms with Crippen molar-refractivity contribution in [2.75, 3.05) is 6.26 Å². The van der Waals surface area contributed by atoms with E-state index in [-0.39, 0.29) is 40.1 Å². The van der Waals surface area contributed by atoms with Gasteiger partial charge in [0.25, 0.3) is 11.5 Å². The van der Waals surface area contributed by atoms with Crippen molar-refractivity contribution >= 4 is 32.8 Å². The lowest BCUT2D eigenvalue weighted by Crippen LogP contribution is -2.25. The number of carbonyl (C=O) groups is 2. The van der Waals surface area contributed by atoms with Crippen LogP contribution in [0.5, 0.6) is 0 Å². The van der Waals surface area contributed by atoms with E-state index in [4.69, 9.17) is 0 Å². The molecule has 5 rings (SSSR count). The molecule has 1 aliphatic carbocycles. The average molecular weight is 533 g/mol. The molecule has 7 nitrogen and oxygen atoms in total. The van der Waals surface area contributed by atoms with E-state index in [2.05, 4.69) is 5.32 Å². The molecule has 3 aromatic carbocycles. The standard InChI is InChI=1S/C29H25FN2O5S/c1-17-25(12-20(13-27(17)30)28(34)31-22-6-7-22)19-5-10-24-26(11-19)21(16-33)15-32(29(24)35)14-18-3-8-23(9-4-18)38(2,36)37/h3-5,8-13,15-16,22H,6-7,14H2,1-2H3,(H,31,34). The summed E-state index contributed by atoms with van der Waals surface area (Å²) in [5.41, 5.74) is 2.28. The van der Waals surface area contributed by atoms with Crippen LogP contribution in [0.4, 0.5) is 4.39 Å². The lowest BCUT2D eigenvalue weighted by atomic mass is 9.94. The van der Waals surface area contributed by atoms with Crippen molar-refractivity contribution in [2.45, 2.75) is 37.2 Å². The molecule has 4 aromatic rings. The molecule has 1 aromatic heterocycles. The van der Waals surface area contributed by atoms with Gasteiger partial charge in [0, 0.05) is 35.0 Å². The zero-order valence-corrected chi connectivity index (χ0v) is 21.6. The Bertz CT molecular complexity index is 1770. The first-order chi connectivity index (χ1) is 18.0. The Balaban J connectivity index is 1.55. The molecule has 194 valence electrons. The molecule has 0 unspecified atom stereocenters. The average Bonchev–Trinajstić information content (AvgIpc) is 3.70. The number of rotatable bonds is 7. The van der Waals surface area contributed by atoms with Crippen LogP contribution in [-0.4, -0.2) is 37.5 Å². The van der Waals surface area contributed by atoms with Crippen LogP contribution in [0.2, 0.25) is 0 Å². The van der Waals surface area contributed by atoms with Gasteiger partial charge in [0.1, 0.15) is 5.82 Å². The Morgan fingerprint density at radius 2 is 1.79 bits per heavy atom. The summed E-state index contributed by atoms with van der Waals surface area (Å²) < 4.78 is 39.6. The Morgan fingerprint density at radius 1 is 1.08 bits per heavy atom. The lowest BCUT2D eigenvalue weighted by Gasteiger charge is -2.14. The number of benzene rings is 3. The number of sulfone groups is 1. The lowest BCUT2D eigenvalue weighted by molar-refractivity contribution is 0.0950. The van der Waals surface area contributed by atoms with E-state index in [1.807, 2.05) is 0 Å². The normalized spacial score (nSPS) is 13.4. The van der Waals surface area contributed by atoms with E-state index in [0.717, 1.165) is 19.1 Å². The number of halogens is 1. The minimum absolute atomic E-state index is 0.130. The Kier molecular flexibility index (Phi) is 6.48. The van der Waals surface area contributed by atoms with Gasteiger partial charge >= 0.3 is 0 Å². The zero-order valence-electron chi connectivity index (χ0n) is 20.8. The molecule has 1 amide bonds. The molecule has 1 N–H and O–H groups in total. The van der Waals surface area contributed by atoms with Crippen LogP contribution in [0, 0.1) is 12.7 Å². The fourth-order valence-electron chi connectivity index (χ4n) is 4.44. The van der Waals surface area contributed by atoms with E-state index in [9.17, 15) is 27.2 Å². The largest absolute Gasteiger partial charge is 0.349 e. The topological polar surface area (TPSA) is 102 Å². The van der Waals surface area contributed by atoms with Crippen LogP contribution in [0.1, 0.15) is 44.7 Å². The van der Waals surface area contributed by atoms with Gasteiger partial charge in [0.05, 0.1) is 11.4 Å². The number of fused-ring (bicyclic) bond motifs is 1. The molecule has 1 fully saturated rings. The van der Waals surface area contributed by atoms with Gasteiger partial charge in [-0.25, -0.2) is 12.8 Å². The maximum absolute atomic E-state index is 14.8. The molecule has 0 radical (unpaired) electrons. The van der Waals surface area contributed by atoms with Gasteiger partial charge in [0.15, 0.2) is 16.1 Å². The van der Waals surface area contributed by atoms with Gasteiger partial charge in [-0.3, -0.25) is 14.4 Å². The first kappa shape index (κ1) is 25.5. The first-order valence-corrected chi connectivity index (χ1v) is 14.0. The van der Waals surface area contributed by atoms with Crippen molar-refractivity contribution < 1.29 is 22.4 Å². The summed E-state index contributed by atoms with van der Waals surface area (Å²) in [5.74, 6) is -0.856. The van der Waals surface area contributed by atoms with Crippen molar-refractivity contribution in [3.05, 3.63) is 99.2 Å². The summed E-state index contributed by atoms with van der Waals surface area (Å²) in [5, 5.41) is 3.59. The summed E-state index contributed by atoms with van der Waals surface area (Å²) in [6.45, 7) is 1.76. The van der Waals surface area contributed by atoms with Crippen molar-refractivity contribution in [2.24, 2.45) is 0 Å². The molecule has 1 aliphatic rings. The first-order valence-electron chi connectivity index (χ1n) is 12.1. The number of aromatic nitrogens is 1. The third-order valence-corrected chi connectivity index (χ3v) is 7.91. The second-order valence-electron chi connectivity index (χ2n) is 9.69. The number of nitrogens with zero attached hydrogens (tertiary/aromatic N) is 1. The highest BCUT2D eigenvalue weighted by molar-refractivity contribution is 7.90. The fourth-order valence-corrected chi connectivity index (χ4v) is 5.07. The van der Waals surface area contributed by atoms with Crippen molar-refractivity contribution in [3.8, 4) is 11.1 Å². The molecular weight excluding hydrogens is 507 g/mol. The highest BCUT2D eigenvalue weighted by atomic mass is 32.2. The molecule has 1 heterocycles. The monoisotopic (exact) mass is 532 g/mol. The highest BCUT2D eigenvalue weighted by Gasteiger charge is 2.25. The van der Waals surface area contributed by atoms with Gasteiger partial charge < -0.3 is 9.88 Å². The summed E-state index contributed by atoms with van der Waals surface area (Å²) in [6, 6.07) is 14.1. The van der Waals surface area contributed by atoms with E-state index in [0.29, 0.717) is 39.3 Å². The molecule has 38 heavy (non-hydrogen) atoms. The van der Waals surface area contributed by atoms with E-state index < -0.39 is 15.7 Å². The Morgan fingerprint density at radius 3 is 2.42 bits per heavy atom. The third kappa shape index (κ3) is 5.02. The predicted molar refractivity (Wildman–Crippen MR) is 143 cm³/mol. The van der Waals surface area contributed by atoms with Crippen LogP contribution < -0.4 is 10.9 Å². The molecule has 0 aliphatic heterocycles. The van der Waals surface area contributed by atoms with Crippen LogP contribution in [0.3, 0.4) is 0 Å². The van der Waals surface area contributed by atoms with Crippen LogP contribution in [0.25, 0.3) is 21.9 Å². The smallest absolute Gasteiger partial charge is 0.258 e. The summed E-state index contributed by atoms with van der Waals surface area (Å²) in [7, 11) is -3.34. The van der Waals surface area contributed by atoms with E-state index in [1.165, 1.54) is 29.0 Å². The third-order valence-electron chi connectivity index (χ3n) is 6.78.